The molecule has 134 valence electrons. The van der Waals surface area contributed by atoms with Gasteiger partial charge in [0.1, 0.15) is 11.4 Å². The molecule has 0 N–H and O–H groups in total. The lowest BCUT2D eigenvalue weighted by molar-refractivity contribution is 0.0175. The van der Waals surface area contributed by atoms with Crippen LogP contribution in [0.5, 0.6) is 5.75 Å². The highest BCUT2D eigenvalue weighted by molar-refractivity contribution is 5.83. The summed E-state index contributed by atoms with van der Waals surface area (Å²) in [6.07, 6.45) is 5.42. The van der Waals surface area contributed by atoms with Gasteiger partial charge in [0.15, 0.2) is 6.29 Å². The highest BCUT2D eigenvalue weighted by atomic mass is 16.6. The molecule has 1 aromatic carbocycles. The van der Waals surface area contributed by atoms with Gasteiger partial charge in [-0.05, 0) is 63.3 Å². The maximum Gasteiger partial charge on any atom is 0.411 e. The molecule has 0 aromatic heterocycles. The van der Waals surface area contributed by atoms with Crippen LogP contribution < -0.4 is 4.74 Å². The largest absolute Gasteiger partial charge is 0.496 e. The summed E-state index contributed by atoms with van der Waals surface area (Å²) < 4.78 is 10.8. The van der Waals surface area contributed by atoms with Crippen molar-refractivity contribution in [1.29, 1.82) is 0 Å². The molecular weight excluding hydrogens is 318 g/mol. The highest BCUT2D eigenvalue weighted by Gasteiger charge is 2.41. The number of methoxy groups -OCH3 is 1. The fourth-order valence-electron chi connectivity index (χ4n) is 3.67. The van der Waals surface area contributed by atoms with E-state index in [9.17, 15) is 9.59 Å². The van der Waals surface area contributed by atoms with Crippen LogP contribution in [0.15, 0.2) is 24.3 Å². The van der Waals surface area contributed by atoms with Gasteiger partial charge in [-0.25, -0.2) is 4.79 Å². The van der Waals surface area contributed by atoms with E-state index >= 15 is 0 Å². The SMILES string of the molecule is COc1ccc(C2=CC3CCC(C2)N3C(=O)OC(C)(C)C)cc1C=O. The molecule has 5 nitrogen and oxygen atoms in total. The molecule has 0 aliphatic carbocycles. The van der Waals surface area contributed by atoms with Gasteiger partial charge < -0.3 is 9.47 Å². The Morgan fingerprint density at radius 2 is 2.04 bits per heavy atom. The average Bonchev–Trinajstić information content (AvgIpc) is 2.83. The first kappa shape index (κ1) is 17.5. The molecule has 2 heterocycles. The lowest BCUT2D eigenvalue weighted by Gasteiger charge is -2.35. The quantitative estimate of drug-likeness (QED) is 0.777. The van der Waals surface area contributed by atoms with Crippen molar-refractivity contribution in [3.63, 3.8) is 0 Å². The summed E-state index contributed by atoms with van der Waals surface area (Å²) in [7, 11) is 1.56. The second kappa shape index (κ2) is 6.54. The Hall–Kier alpha value is -2.30. The second-order valence-corrected chi connectivity index (χ2v) is 7.66. The van der Waals surface area contributed by atoms with Crippen LogP contribution in [0.25, 0.3) is 5.57 Å². The van der Waals surface area contributed by atoms with Crippen molar-refractivity contribution in [2.24, 2.45) is 0 Å². The molecule has 1 aromatic rings. The number of amides is 1. The van der Waals surface area contributed by atoms with Crippen molar-refractivity contribution in [2.45, 2.75) is 57.7 Å². The molecule has 2 aliphatic rings. The first-order valence-electron chi connectivity index (χ1n) is 8.68. The van der Waals surface area contributed by atoms with Crippen molar-refractivity contribution in [2.75, 3.05) is 7.11 Å². The summed E-state index contributed by atoms with van der Waals surface area (Å²) >= 11 is 0. The van der Waals surface area contributed by atoms with Crippen LogP contribution in [0.2, 0.25) is 0 Å². The molecule has 0 spiro atoms. The van der Waals surface area contributed by atoms with E-state index in [1.54, 1.807) is 7.11 Å². The molecule has 0 radical (unpaired) electrons. The van der Waals surface area contributed by atoms with Gasteiger partial charge in [-0.1, -0.05) is 12.1 Å². The first-order valence-corrected chi connectivity index (χ1v) is 8.68. The number of carbonyl (C=O) groups is 2. The minimum Gasteiger partial charge on any atom is -0.496 e. The zero-order valence-corrected chi connectivity index (χ0v) is 15.2. The number of hydrogen-bond acceptors (Lipinski definition) is 4. The number of rotatable bonds is 3. The van der Waals surface area contributed by atoms with E-state index in [0.717, 1.165) is 31.1 Å². The van der Waals surface area contributed by atoms with Gasteiger partial charge in [0.05, 0.1) is 18.7 Å². The summed E-state index contributed by atoms with van der Waals surface area (Å²) in [6, 6.07) is 5.87. The van der Waals surface area contributed by atoms with E-state index in [1.165, 1.54) is 5.57 Å². The van der Waals surface area contributed by atoms with Crippen LogP contribution in [-0.4, -0.2) is 42.1 Å². The van der Waals surface area contributed by atoms with Crippen LogP contribution in [0.3, 0.4) is 0 Å². The predicted molar refractivity (Wildman–Crippen MR) is 95.9 cm³/mol. The van der Waals surface area contributed by atoms with Crippen molar-refractivity contribution in [3.8, 4) is 5.75 Å². The van der Waals surface area contributed by atoms with Crippen molar-refractivity contribution in [1.82, 2.24) is 4.90 Å². The highest BCUT2D eigenvalue weighted by Crippen LogP contribution is 2.40. The predicted octanol–water partition coefficient (Wildman–Crippen LogP) is 4.06. The van der Waals surface area contributed by atoms with Crippen LogP contribution in [0.1, 0.15) is 56.0 Å². The molecule has 2 bridgehead atoms. The molecule has 5 heteroatoms. The van der Waals surface area contributed by atoms with Crippen LogP contribution in [0, 0.1) is 0 Å². The molecule has 3 rings (SSSR count). The number of benzene rings is 1. The topological polar surface area (TPSA) is 55.8 Å². The molecule has 1 amide bonds. The van der Waals surface area contributed by atoms with Gasteiger partial charge in [0.2, 0.25) is 0 Å². The maximum absolute atomic E-state index is 12.5. The first-order chi connectivity index (χ1) is 11.8. The van der Waals surface area contributed by atoms with E-state index in [4.69, 9.17) is 9.47 Å². The number of nitrogens with zero attached hydrogens (tertiary/aromatic N) is 1. The molecular formula is C20H25NO4. The van der Waals surface area contributed by atoms with Crippen LogP contribution in [-0.2, 0) is 4.74 Å². The Kier molecular flexibility index (Phi) is 4.58. The summed E-state index contributed by atoms with van der Waals surface area (Å²) in [4.78, 5) is 25.7. The summed E-state index contributed by atoms with van der Waals surface area (Å²) in [5.74, 6) is 0.577. The monoisotopic (exact) mass is 343 g/mol. The molecule has 2 aliphatic heterocycles. The van der Waals surface area contributed by atoms with Crippen molar-refractivity contribution < 1.29 is 19.1 Å². The number of fused-ring (bicyclic) bond motifs is 2. The van der Waals surface area contributed by atoms with Crippen molar-refractivity contribution >= 4 is 18.0 Å². The Bertz CT molecular complexity index is 717. The van der Waals surface area contributed by atoms with E-state index in [-0.39, 0.29) is 18.2 Å². The Morgan fingerprint density at radius 3 is 2.64 bits per heavy atom. The Balaban J connectivity index is 1.84. The number of carbonyl (C=O) groups excluding carboxylic acids is 2. The van der Waals surface area contributed by atoms with E-state index < -0.39 is 5.60 Å². The number of ether oxygens (including phenoxy) is 2. The lowest BCUT2D eigenvalue weighted by atomic mass is 9.94. The number of aldehydes is 1. The Labute approximate surface area is 148 Å². The summed E-state index contributed by atoms with van der Waals surface area (Å²) in [5, 5.41) is 0. The van der Waals surface area contributed by atoms with E-state index in [1.807, 2.05) is 43.9 Å². The van der Waals surface area contributed by atoms with Crippen molar-refractivity contribution in [3.05, 3.63) is 35.4 Å². The van der Waals surface area contributed by atoms with Gasteiger partial charge in [-0.2, -0.15) is 0 Å². The smallest absolute Gasteiger partial charge is 0.411 e. The molecule has 25 heavy (non-hydrogen) atoms. The van der Waals surface area contributed by atoms with Gasteiger partial charge in [-0.15, -0.1) is 0 Å². The maximum atomic E-state index is 12.5. The molecule has 1 saturated heterocycles. The zero-order chi connectivity index (χ0) is 18.2. The third-order valence-electron chi connectivity index (χ3n) is 4.73. The fourth-order valence-corrected chi connectivity index (χ4v) is 3.67. The van der Waals surface area contributed by atoms with Crippen LogP contribution in [0.4, 0.5) is 4.79 Å². The molecule has 0 saturated carbocycles. The molecule has 1 fully saturated rings. The van der Waals surface area contributed by atoms with E-state index in [2.05, 4.69) is 6.08 Å². The minimum absolute atomic E-state index is 0.0605. The molecule has 2 unspecified atom stereocenters. The normalized spacial score (nSPS) is 22.4. The van der Waals surface area contributed by atoms with E-state index in [0.29, 0.717) is 11.3 Å². The summed E-state index contributed by atoms with van der Waals surface area (Å²) in [6.45, 7) is 5.66. The fraction of sp³-hybridized carbons (Fsp3) is 0.500. The average molecular weight is 343 g/mol. The third-order valence-corrected chi connectivity index (χ3v) is 4.73. The van der Waals surface area contributed by atoms with Gasteiger partial charge in [-0.3, -0.25) is 9.69 Å². The van der Waals surface area contributed by atoms with Crippen LogP contribution >= 0.6 is 0 Å². The zero-order valence-electron chi connectivity index (χ0n) is 15.2. The minimum atomic E-state index is -0.491. The molecule has 2 atom stereocenters. The van der Waals surface area contributed by atoms with Gasteiger partial charge >= 0.3 is 6.09 Å². The second-order valence-electron chi connectivity index (χ2n) is 7.66. The lowest BCUT2D eigenvalue weighted by Crippen LogP contribution is -2.45. The third kappa shape index (κ3) is 3.55. The van der Waals surface area contributed by atoms with Gasteiger partial charge in [0.25, 0.3) is 0 Å². The number of hydrogen-bond donors (Lipinski definition) is 0. The standard InChI is InChI=1S/C20H25NO4/c1-20(2,3)25-19(23)21-16-6-7-17(21)11-14(10-16)13-5-8-18(24-4)15(9-13)12-22/h5,8-10,12,16-17H,6-7,11H2,1-4H3. The van der Waals surface area contributed by atoms with Gasteiger partial charge in [0, 0.05) is 6.04 Å². The Morgan fingerprint density at radius 1 is 1.28 bits per heavy atom. The summed E-state index contributed by atoms with van der Waals surface area (Å²) in [5.41, 5.74) is 2.25.